The quantitative estimate of drug-likeness (QED) is 0.467. The van der Waals surface area contributed by atoms with Crippen molar-refractivity contribution in [1.29, 1.82) is 0 Å². The zero-order valence-electron chi connectivity index (χ0n) is 13.9. The van der Waals surface area contributed by atoms with Gasteiger partial charge in [0, 0.05) is 6.54 Å². The molecule has 0 aromatic heterocycles. The highest BCUT2D eigenvalue weighted by Crippen LogP contribution is 2.22. The zero-order chi connectivity index (χ0) is 15.1. The smallest absolute Gasteiger partial charge is 0.406 e. The number of carbonyl (C=O) groups is 1. The molecular formula is C17H35NO2. The Bertz CT molecular complexity index is 219. The summed E-state index contributed by atoms with van der Waals surface area (Å²) in [4.78, 5) is 11.0. The average molecular weight is 285 g/mol. The summed E-state index contributed by atoms with van der Waals surface area (Å²) in [5.41, 5.74) is 0. The predicted molar refractivity (Wildman–Crippen MR) is 86.0 cm³/mol. The van der Waals surface area contributed by atoms with E-state index >= 15 is 0 Å². The van der Waals surface area contributed by atoms with E-state index in [9.17, 15) is 4.79 Å². The molecule has 0 aliphatic heterocycles. The fourth-order valence-electron chi connectivity index (χ4n) is 2.63. The zero-order valence-corrected chi connectivity index (χ0v) is 13.9. The van der Waals surface area contributed by atoms with Crippen LogP contribution in [0, 0.1) is 5.92 Å². The monoisotopic (exact) mass is 285 g/mol. The molecule has 1 amide bonds. The van der Waals surface area contributed by atoms with Crippen LogP contribution in [0.15, 0.2) is 0 Å². The van der Waals surface area contributed by atoms with Gasteiger partial charge < -0.3 is 10.1 Å². The Morgan fingerprint density at radius 2 is 1.45 bits per heavy atom. The molecule has 1 unspecified atom stereocenters. The minimum Gasteiger partial charge on any atom is -0.453 e. The summed E-state index contributed by atoms with van der Waals surface area (Å²) in [5.74, 6) is 0.845. The Morgan fingerprint density at radius 3 is 2.05 bits per heavy atom. The van der Waals surface area contributed by atoms with Crippen LogP contribution in [0.3, 0.4) is 0 Å². The first-order valence-corrected chi connectivity index (χ1v) is 8.56. The highest BCUT2D eigenvalue weighted by Gasteiger charge is 2.08. The van der Waals surface area contributed by atoms with Gasteiger partial charge >= 0.3 is 6.09 Å². The lowest BCUT2D eigenvalue weighted by Crippen LogP contribution is -2.24. The van der Waals surface area contributed by atoms with Crippen LogP contribution in [-0.2, 0) is 4.74 Å². The maximum absolute atomic E-state index is 11.0. The Balaban J connectivity index is 3.75. The maximum atomic E-state index is 11.0. The Kier molecular flexibility index (Phi) is 14.1. The fourth-order valence-corrected chi connectivity index (χ4v) is 2.63. The van der Waals surface area contributed by atoms with Crippen LogP contribution >= 0.6 is 0 Å². The first-order valence-electron chi connectivity index (χ1n) is 8.56. The average Bonchev–Trinajstić information content (AvgIpc) is 2.47. The minimum absolute atomic E-state index is 0.310. The number of methoxy groups -OCH3 is 1. The number of alkyl carbamates (subject to hydrolysis) is 1. The number of rotatable bonds is 13. The van der Waals surface area contributed by atoms with Crippen molar-refractivity contribution in [3.05, 3.63) is 0 Å². The van der Waals surface area contributed by atoms with Gasteiger partial charge in [-0.25, -0.2) is 4.79 Å². The van der Waals surface area contributed by atoms with Gasteiger partial charge in [-0.15, -0.1) is 0 Å². The van der Waals surface area contributed by atoms with E-state index in [1.807, 2.05) is 0 Å². The molecule has 0 spiro atoms. The van der Waals surface area contributed by atoms with Gasteiger partial charge in [-0.05, 0) is 18.8 Å². The van der Waals surface area contributed by atoms with E-state index in [1.54, 1.807) is 0 Å². The molecule has 3 nitrogen and oxygen atoms in total. The highest BCUT2D eigenvalue weighted by molar-refractivity contribution is 5.66. The molecule has 3 heteroatoms. The fraction of sp³-hybridized carbons (Fsp3) is 0.941. The van der Waals surface area contributed by atoms with Crippen molar-refractivity contribution in [1.82, 2.24) is 5.32 Å². The van der Waals surface area contributed by atoms with Gasteiger partial charge in [0.05, 0.1) is 7.11 Å². The first kappa shape index (κ1) is 19.3. The minimum atomic E-state index is -0.310. The Morgan fingerprint density at radius 1 is 0.900 bits per heavy atom. The maximum Gasteiger partial charge on any atom is 0.406 e. The molecule has 120 valence electrons. The third-order valence-corrected chi connectivity index (χ3v) is 3.93. The van der Waals surface area contributed by atoms with Crippen molar-refractivity contribution < 1.29 is 9.53 Å². The van der Waals surface area contributed by atoms with Gasteiger partial charge in [0.15, 0.2) is 0 Å². The summed E-state index contributed by atoms with van der Waals surface area (Å²) in [6, 6.07) is 0. The molecule has 0 aliphatic rings. The molecule has 0 aromatic carbocycles. The lowest BCUT2D eigenvalue weighted by Gasteiger charge is -2.17. The molecule has 1 atom stereocenters. The van der Waals surface area contributed by atoms with Gasteiger partial charge in [0.1, 0.15) is 0 Å². The van der Waals surface area contributed by atoms with Crippen molar-refractivity contribution in [2.24, 2.45) is 5.92 Å². The van der Waals surface area contributed by atoms with Gasteiger partial charge in [-0.3, -0.25) is 0 Å². The van der Waals surface area contributed by atoms with Crippen molar-refractivity contribution in [3.8, 4) is 0 Å². The number of unbranched alkanes of at least 4 members (excludes halogenated alkanes) is 5. The topological polar surface area (TPSA) is 38.3 Å². The number of hydrogen-bond acceptors (Lipinski definition) is 2. The van der Waals surface area contributed by atoms with Crippen LogP contribution in [0.5, 0.6) is 0 Å². The van der Waals surface area contributed by atoms with Crippen LogP contribution in [-0.4, -0.2) is 19.7 Å². The molecule has 0 saturated carbocycles. The van der Waals surface area contributed by atoms with E-state index in [1.165, 1.54) is 71.3 Å². The second-order valence-electron chi connectivity index (χ2n) is 5.77. The van der Waals surface area contributed by atoms with Crippen molar-refractivity contribution in [2.75, 3.05) is 13.7 Å². The summed E-state index contributed by atoms with van der Waals surface area (Å²) in [7, 11) is 1.41. The number of ether oxygens (including phenoxy) is 1. The highest BCUT2D eigenvalue weighted by atomic mass is 16.5. The van der Waals surface area contributed by atoms with Crippen molar-refractivity contribution >= 4 is 6.09 Å². The molecule has 0 saturated heterocycles. The summed E-state index contributed by atoms with van der Waals surface area (Å²) < 4.78 is 4.58. The molecule has 0 heterocycles. The Hall–Kier alpha value is -0.730. The number of amides is 1. The second kappa shape index (κ2) is 14.7. The van der Waals surface area contributed by atoms with Crippen molar-refractivity contribution in [3.63, 3.8) is 0 Å². The molecule has 20 heavy (non-hydrogen) atoms. The van der Waals surface area contributed by atoms with E-state index in [0.717, 1.165) is 18.9 Å². The van der Waals surface area contributed by atoms with E-state index in [2.05, 4.69) is 23.9 Å². The van der Waals surface area contributed by atoms with Crippen molar-refractivity contribution in [2.45, 2.75) is 84.5 Å². The van der Waals surface area contributed by atoms with Crippen LogP contribution in [0.4, 0.5) is 4.79 Å². The molecule has 0 aliphatic carbocycles. The summed E-state index contributed by atoms with van der Waals surface area (Å²) >= 11 is 0. The Labute approximate surface area is 125 Å². The van der Waals surface area contributed by atoms with E-state index < -0.39 is 0 Å². The molecular weight excluding hydrogens is 250 g/mol. The van der Waals surface area contributed by atoms with Crippen LogP contribution < -0.4 is 5.32 Å². The molecule has 1 N–H and O–H groups in total. The number of nitrogens with one attached hydrogen (secondary N) is 1. The van der Waals surface area contributed by atoms with Gasteiger partial charge in [0.2, 0.25) is 0 Å². The van der Waals surface area contributed by atoms with E-state index in [-0.39, 0.29) is 6.09 Å². The summed E-state index contributed by atoms with van der Waals surface area (Å²) in [6.07, 6.45) is 14.2. The van der Waals surface area contributed by atoms with Crippen LogP contribution in [0.2, 0.25) is 0 Å². The van der Waals surface area contributed by atoms with E-state index in [0.29, 0.717) is 0 Å². The molecule has 0 rings (SSSR count). The summed E-state index contributed by atoms with van der Waals surface area (Å²) in [6.45, 7) is 5.26. The van der Waals surface area contributed by atoms with E-state index in [4.69, 9.17) is 0 Å². The predicted octanol–water partition coefficient (Wildman–Crippen LogP) is 5.29. The largest absolute Gasteiger partial charge is 0.453 e. The third-order valence-electron chi connectivity index (χ3n) is 3.93. The third kappa shape index (κ3) is 12.3. The van der Waals surface area contributed by atoms with Gasteiger partial charge in [-0.1, -0.05) is 71.6 Å². The normalized spacial score (nSPS) is 12.2. The molecule has 0 fully saturated rings. The molecule has 0 radical (unpaired) electrons. The number of hydrogen-bond donors (Lipinski definition) is 1. The summed E-state index contributed by atoms with van der Waals surface area (Å²) in [5, 5.41) is 2.77. The number of carbonyl (C=O) groups excluding carboxylic acids is 1. The van der Waals surface area contributed by atoms with Gasteiger partial charge in [0.25, 0.3) is 0 Å². The molecule has 0 aromatic rings. The lowest BCUT2D eigenvalue weighted by atomic mass is 9.91. The van der Waals surface area contributed by atoms with Gasteiger partial charge in [-0.2, -0.15) is 0 Å². The second-order valence-corrected chi connectivity index (χ2v) is 5.77. The lowest BCUT2D eigenvalue weighted by molar-refractivity contribution is 0.170. The standard InChI is InChI=1S/C17H35NO2/c1-4-6-8-10-13-16(12-9-7-5-2)14-11-15-18-17(19)20-3/h16H,4-15H2,1-3H3,(H,18,19). The van der Waals surface area contributed by atoms with Crippen LogP contribution in [0.1, 0.15) is 84.5 Å². The molecule has 0 bridgehead atoms. The first-order chi connectivity index (χ1) is 9.74. The van der Waals surface area contributed by atoms with Crippen LogP contribution in [0.25, 0.3) is 0 Å². The SMILES string of the molecule is CCCCCCC(CCCCC)CCCNC(=O)OC.